The van der Waals surface area contributed by atoms with Crippen LogP contribution in [0.25, 0.3) is 0 Å². The number of halogens is 1. The van der Waals surface area contributed by atoms with Crippen LogP contribution in [0.2, 0.25) is 0 Å². The second-order valence-electron chi connectivity index (χ2n) is 4.89. The molecule has 0 aliphatic carbocycles. The third-order valence-electron chi connectivity index (χ3n) is 3.53. The van der Waals surface area contributed by atoms with Gasteiger partial charge < -0.3 is 9.84 Å². The summed E-state index contributed by atoms with van der Waals surface area (Å²) >= 11 is 7.44. The van der Waals surface area contributed by atoms with Crippen molar-refractivity contribution in [2.24, 2.45) is 0 Å². The van der Waals surface area contributed by atoms with Crippen LogP contribution in [0.1, 0.15) is 18.9 Å². The van der Waals surface area contributed by atoms with Gasteiger partial charge in [-0.1, -0.05) is 13.0 Å². The Morgan fingerprint density at radius 3 is 2.80 bits per heavy atom. The maximum atomic E-state index is 10.6. The van der Waals surface area contributed by atoms with Gasteiger partial charge in [-0.3, -0.25) is 0 Å². The SMILES string of the molecule is CCC1SCCSC1C(O)Cc1ccc(OC)c(Br)c1. The predicted octanol–water partition coefficient (Wildman–Crippen LogP) is 3.99. The standard InChI is InChI=1S/C15H21BrO2S2/c1-3-14-15(20-7-6-19-14)12(17)9-10-4-5-13(18-2)11(16)8-10/h4-5,8,12,14-15,17H,3,6-7,9H2,1-2H3. The van der Waals surface area contributed by atoms with Crippen molar-refractivity contribution in [3.8, 4) is 5.75 Å². The first kappa shape index (κ1) is 16.5. The zero-order valence-electron chi connectivity index (χ0n) is 11.8. The molecule has 0 saturated carbocycles. The lowest BCUT2D eigenvalue weighted by Gasteiger charge is -2.33. The van der Waals surface area contributed by atoms with Gasteiger partial charge in [-0.05, 0) is 46.5 Å². The van der Waals surface area contributed by atoms with Crippen molar-refractivity contribution < 1.29 is 9.84 Å². The molecule has 1 aromatic carbocycles. The van der Waals surface area contributed by atoms with E-state index in [1.165, 1.54) is 5.75 Å². The van der Waals surface area contributed by atoms with E-state index in [4.69, 9.17) is 4.74 Å². The van der Waals surface area contributed by atoms with Crippen molar-refractivity contribution in [2.45, 2.75) is 36.4 Å². The number of aliphatic hydroxyl groups excluding tert-OH is 1. The van der Waals surface area contributed by atoms with Gasteiger partial charge in [0, 0.05) is 22.0 Å². The third-order valence-corrected chi connectivity index (χ3v) is 7.55. The Kier molecular flexibility index (Phi) is 6.59. The van der Waals surface area contributed by atoms with Gasteiger partial charge in [-0.15, -0.1) is 0 Å². The number of benzene rings is 1. The fraction of sp³-hybridized carbons (Fsp3) is 0.600. The topological polar surface area (TPSA) is 29.5 Å². The minimum absolute atomic E-state index is 0.280. The van der Waals surface area contributed by atoms with E-state index in [0.29, 0.717) is 16.9 Å². The van der Waals surface area contributed by atoms with E-state index in [-0.39, 0.29) is 6.10 Å². The molecule has 20 heavy (non-hydrogen) atoms. The van der Waals surface area contributed by atoms with Crippen molar-refractivity contribution in [2.75, 3.05) is 18.6 Å². The molecule has 0 aromatic heterocycles. The summed E-state index contributed by atoms with van der Waals surface area (Å²) in [5.41, 5.74) is 1.15. The van der Waals surface area contributed by atoms with Crippen LogP contribution in [-0.4, -0.2) is 40.3 Å². The molecule has 1 aromatic rings. The van der Waals surface area contributed by atoms with Gasteiger partial charge in [-0.25, -0.2) is 0 Å². The normalized spacial score (nSPS) is 24.4. The lowest BCUT2D eigenvalue weighted by molar-refractivity contribution is 0.169. The third kappa shape index (κ3) is 4.09. The summed E-state index contributed by atoms with van der Waals surface area (Å²) in [6.45, 7) is 2.22. The van der Waals surface area contributed by atoms with Crippen molar-refractivity contribution in [3.05, 3.63) is 28.2 Å². The largest absolute Gasteiger partial charge is 0.496 e. The van der Waals surface area contributed by atoms with E-state index < -0.39 is 0 Å². The molecule has 1 aliphatic heterocycles. The van der Waals surface area contributed by atoms with Crippen LogP contribution in [0.15, 0.2) is 22.7 Å². The number of rotatable bonds is 5. The van der Waals surface area contributed by atoms with Crippen LogP contribution in [0.3, 0.4) is 0 Å². The zero-order chi connectivity index (χ0) is 14.5. The Bertz CT molecular complexity index is 442. The van der Waals surface area contributed by atoms with Crippen molar-refractivity contribution in [1.29, 1.82) is 0 Å². The minimum Gasteiger partial charge on any atom is -0.496 e. The van der Waals surface area contributed by atoms with Crippen LogP contribution in [0.5, 0.6) is 5.75 Å². The van der Waals surface area contributed by atoms with Crippen LogP contribution < -0.4 is 4.74 Å². The summed E-state index contributed by atoms with van der Waals surface area (Å²) in [7, 11) is 1.66. The molecule has 2 rings (SSSR count). The average molecular weight is 377 g/mol. The number of thioether (sulfide) groups is 2. The highest BCUT2D eigenvalue weighted by Crippen LogP contribution is 2.36. The lowest BCUT2D eigenvalue weighted by Crippen LogP contribution is -2.37. The molecule has 0 amide bonds. The number of hydrogen-bond acceptors (Lipinski definition) is 4. The number of ether oxygens (including phenoxy) is 1. The quantitative estimate of drug-likeness (QED) is 0.840. The Hall–Kier alpha value is 0.160. The fourth-order valence-corrected chi connectivity index (χ4v) is 6.23. The first-order valence-electron chi connectivity index (χ1n) is 6.89. The zero-order valence-corrected chi connectivity index (χ0v) is 15.1. The molecule has 0 radical (unpaired) electrons. The van der Waals surface area contributed by atoms with Gasteiger partial charge in [0.1, 0.15) is 5.75 Å². The summed E-state index contributed by atoms with van der Waals surface area (Å²) < 4.78 is 6.19. The second-order valence-corrected chi connectivity index (χ2v) is 8.38. The molecule has 112 valence electrons. The van der Waals surface area contributed by atoms with Gasteiger partial charge in [0.25, 0.3) is 0 Å². The molecule has 1 fully saturated rings. The summed E-state index contributed by atoms with van der Waals surface area (Å²) in [6.07, 6.45) is 1.56. The Balaban J connectivity index is 2.03. The first-order valence-corrected chi connectivity index (χ1v) is 9.78. The summed E-state index contributed by atoms with van der Waals surface area (Å²) in [4.78, 5) is 0. The number of hydrogen-bond donors (Lipinski definition) is 1. The average Bonchev–Trinajstić information content (AvgIpc) is 2.47. The van der Waals surface area contributed by atoms with Crippen molar-refractivity contribution in [3.63, 3.8) is 0 Å². The fourth-order valence-electron chi connectivity index (χ4n) is 2.49. The van der Waals surface area contributed by atoms with Gasteiger partial charge in [0.15, 0.2) is 0 Å². The van der Waals surface area contributed by atoms with Crippen LogP contribution in [0, 0.1) is 0 Å². The first-order chi connectivity index (χ1) is 9.65. The molecule has 1 N–H and O–H groups in total. The Morgan fingerprint density at radius 2 is 2.15 bits per heavy atom. The van der Waals surface area contributed by atoms with E-state index in [0.717, 1.165) is 28.0 Å². The molecular weight excluding hydrogens is 356 g/mol. The molecule has 3 unspecified atom stereocenters. The van der Waals surface area contributed by atoms with Crippen molar-refractivity contribution in [1.82, 2.24) is 0 Å². The van der Waals surface area contributed by atoms with Crippen LogP contribution in [0.4, 0.5) is 0 Å². The van der Waals surface area contributed by atoms with Gasteiger partial charge in [0.05, 0.1) is 17.7 Å². The molecule has 1 aliphatic rings. The maximum absolute atomic E-state index is 10.6. The predicted molar refractivity (Wildman–Crippen MR) is 93.2 cm³/mol. The number of methoxy groups -OCH3 is 1. The van der Waals surface area contributed by atoms with Gasteiger partial charge in [-0.2, -0.15) is 23.5 Å². The molecule has 5 heteroatoms. The van der Waals surface area contributed by atoms with Gasteiger partial charge in [0.2, 0.25) is 0 Å². The molecule has 1 heterocycles. The molecule has 0 spiro atoms. The monoisotopic (exact) mass is 376 g/mol. The molecular formula is C15H21BrO2S2. The Labute approximate surface area is 138 Å². The van der Waals surface area contributed by atoms with Crippen LogP contribution in [-0.2, 0) is 6.42 Å². The molecule has 2 nitrogen and oxygen atoms in total. The van der Waals surface area contributed by atoms with E-state index in [9.17, 15) is 5.11 Å². The Morgan fingerprint density at radius 1 is 1.40 bits per heavy atom. The number of aliphatic hydroxyl groups is 1. The summed E-state index contributed by atoms with van der Waals surface area (Å²) in [5, 5.41) is 11.5. The van der Waals surface area contributed by atoms with E-state index in [1.807, 2.05) is 41.7 Å². The molecule has 0 bridgehead atoms. The highest BCUT2D eigenvalue weighted by Gasteiger charge is 2.31. The lowest BCUT2D eigenvalue weighted by atomic mass is 10.0. The highest BCUT2D eigenvalue weighted by molar-refractivity contribution is 9.10. The highest BCUT2D eigenvalue weighted by atomic mass is 79.9. The summed E-state index contributed by atoms with van der Waals surface area (Å²) in [6, 6.07) is 6.03. The van der Waals surface area contributed by atoms with E-state index >= 15 is 0 Å². The van der Waals surface area contributed by atoms with Crippen LogP contribution >= 0.6 is 39.5 Å². The maximum Gasteiger partial charge on any atom is 0.133 e. The smallest absolute Gasteiger partial charge is 0.133 e. The molecule has 3 atom stereocenters. The minimum atomic E-state index is -0.280. The van der Waals surface area contributed by atoms with E-state index in [2.05, 4.69) is 22.9 Å². The molecule has 1 saturated heterocycles. The van der Waals surface area contributed by atoms with E-state index in [1.54, 1.807) is 7.11 Å². The summed E-state index contributed by atoms with van der Waals surface area (Å²) in [5.74, 6) is 3.19. The van der Waals surface area contributed by atoms with Gasteiger partial charge >= 0.3 is 0 Å². The van der Waals surface area contributed by atoms with Crippen molar-refractivity contribution >= 4 is 39.5 Å². The second kappa shape index (κ2) is 7.97.